The highest BCUT2D eigenvalue weighted by Gasteiger charge is 2.17. The summed E-state index contributed by atoms with van der Waals surface area (Å²) in [5, 5.41) is 9.21. The second-order valence-electron chi connectivity index (χ2n) is 4.75. The molecule has 1 aliphatic heterocycles. The Bertz CT molecular complexity index is 207. The van der Waals surface area contributed by atoms with Gasteiger partial charge < -0.3 is 20.7 Å². The number of hydrogen-bond acceptors (Lipinski definition) is 4. The van der Waals surface area contributed by atoms with Gasteiger partial charge in [-0.1, -0.05) is 0 Å². The van der Waals surface area contributed by atoms with E-state index in [9.17, 15) is 4.79 Å². The zero-order chi connectivity index (χ0) is 11.3. The molecule has 0 bridgehead atoms. The van der Waals surface area contributed by atoms with Crippen LogP contribution in [0.25, 0.3) is 0 Å². The van der Waals surface area contributed by atoms with Crippen molar-refractivity contribution in [2.75, 3.05) is 19.8 Å². The first kappa shape index (κ1) is 12.3. The summed E-state index contributed by atoms with van der Waals surface area (Å²) in [7, 11) is 0. The lowest BCUT2D eigenvalue weighted by Gasteiger charge is -2.20. The summed E-state index contributed by atoms with van der Waals surface area (Å²) >= 11 is 0. The van der Waals surface area contributed by atoms with Gasteiger partial charge in [-0.15, -0.1) is 0 Å². The van der Waals surface area contributed by atoms with E-state index in [-0.39, 0.29) is 6.09 Å². The van der Waals surface area contributed by atoms with E-state index in [1.165, 1.54) is 0 Å². The van der Waals surface area contributed by atoms with Gasteiger partial charge in [0, 0.05) is 25.8 Å². The minimum Gasteiger partial charge on any atom is -0.444 e. The Morgan fingerprint density at radius 1 is 1.53 bits per heavy atom. The van der Waals surface area contributed by atoms with Crippen LogP contribution in [-0.2, 0) is 4.74 Å². The van der Waals surface area contributed by atoms with Crippen molar-refractivity contribution < 1.29 is 9.53 Å². The highest BCUT2D eigenvalue weighted by molar-refractivity contribution is 5.67. The van der Waals surface area contributed by atoms with Gasteiger partial charge in [-0.2, -0.15) is 0 Å². The molecule has 0 aromatic carbocycles. The van der Waals surface area contributed by atoms with E-state index >= 15 is 0 Å². The Morgan fingerprint density at radius 2 is 2.27 bits per heavy atom. The van der Waals surface area contributed by atoms with Crippen molar-refractivity contribution in [3.63, 3.8) is 0 Å². The molecule has 0 radical (unpaired) electrons. The first-order valence-corrected chi connectivity index (χ1v) is 5.38. The molecule has 0 aliphatic carbocycles. The largest absolute Gasteiger partial charge is 0.444 e. The lowest BCUT2D eigenvalue weighted by molar-refractivity contribution is 0.0526. The molecule has 5 heteroatoms. The lowest BCUT2D eigenvalue weighted by Crippen LogP contribution is -2.35. The number of nitrogens with one attached hydrogen (secondary N) is 3. The van der Waals surface area contributed by atoms with E-state index in [1.54, 1.807) is 0 Å². The van der Waals surface area contributed by atoms with Crippen molar-refractivity contribution in [1.29, 1.82) is 0 Å². The summed E-state index contributed by atoms with van der Waals surface area (Å²) in [5.41, 5.74) is -0.419. The fourth-order valence-corrected chi connectivity index (χ4v) is 1.40. The Morgan fingerprint density at radius 3 is 2.80 bits per heavy atom. The highest BCUT2D eigenvalue weighted by atomic mass is 16.6. The highest BCUT2D eigenvalue weighted by Crippen LogP contribution is 2.06. The molecule has 88 valence electrons. The van der Waals surface area contributed by atoms with E-state index in [0.717, 1.165) is 19.6 Å². The van der Waals surface area contributed by atoms with Gasteiger partial charge in [0.1, 0.15) is 5.60 Å². The second kappa shape index (κ2) is 5.32. The van der Waals surface area contributed by atoms with Gasteiger partial charge in [-0.05, 0) is 27.2 Å². The fourth-order valence-electron chi connectivity index (χ4n) is 1.40. The van der Waals surface area contributed by atoms with Crippen molar-refractivity contribution in [2.24, 2.45) is 0 Å². The zero-order valence-electron chi connectivity index (χ0n) is 9.72. The number of amides is 1. The van der Waals surface area contributed by atoms with Gasteiger partial charge in [-0.25, -0.2) is 4.79 Å². The molecule has 1 heterocycles. The van der Waals surface area contributed by atoms with Crippen LogP contribution >= 0.6 is 0 Å². The quantitative estimate of drug-likeness (QED) is 0.638. The summed E-state index contributed by atoms with van der Waals surface area (Å²) in [6.45, 7) is 8.04. The van der Waals surface area contributed by atoms with E-state index in [0.29, 0.717) is 12.6 Å². The number of carbonyl (C=O) groups is 1. The SMILES string of the molecule is CC(C)(C)OC(=O)NCCC1CNCN1. The standard InChI is InChI=1S/C10H21N3O2/c1-10(2,3)15-9(14)12-5-4-8-6-11-7-13-8/h8,11,13H,4-7H2,1-3H3,(H,12,14). The lowest BCUT2D eigenvalue weighted by atomic mass is 10.2. The van der Waals surface area contributed by atoms with Crippen molar-refractivity contribution in [3.8, 4) is 0 Å². The molecule has 3 N–H and O–H groups in total. The van der Waals surface area contributed by atoms with Gasteiger partial charge in [0.15, 0.2) is 0 Å². The summed E-state index contributed by atoms with van der Waals surface area (Å²) in [6, 6.07) is 0.458. The molecule has 0 aromatic rings. The Labute approximate surface area is 90.9 Å². The van der Waals surface area contributed by atoms with Crippen LogP contribution in [0.1, 0.15) is 27.2 Å². The van der Waals surface area contributed by atoms with Gasteiger partial charge >= 0.3 is 6.09 Å². The van der Waals surface area contributed by atoms with Crippen LogP contribution in [-0.4, -0.2) is 37.5 Å². The van der Waals surface area contributed by atoms with Gasteiger partial charge in [0.05, 0.1) is 0 Å². The van der Waals surface area contributed by atoms with Gasteiger partial charge in [0.2, 0.25) is 0 Å². The molecule has 1 amide bonds. The molecule has 1 atom stereocenters. The molecule has 1 rings (SSSR count). The molecular weight excluding hydrogens is 194 g/mol. The van der Waals surface area contributed by atoms with Crippen LogP contribution in [0, 0.1) is 0 Å². The van der Waals surface area contributed by atoms with Crippen molar-refractivity contribution in [3.05, 3.63) is 0 Å². The van der Waals surface area contributed by atoms with Crippen LogP contribution in [0.4, 0.5) is 4.79 Å². The maximum atomic E-state index is 11.3. The van der Waals surface area contributed by atoms with Crippen molar-refractivity contribution >= 4 is 6.09 Å². The summed E-state index contributed by atoms with van der Waals surface area (Å²) in [6.07, 6.45) is 0.583. The van der Waals surface area contributed by atoms with E-state index in [1.807, 2.05) is 20.8 Å². The fraction of sp³-hybridized carbons (Fsp3) is 0.900. The Balaban J connectivity index is 2.06. The number of alkyl carbamates (subject to hydrolysis) is 1. The average Bonchev–Trinajstić information content (AvgIpc) is 2.53. The number of rotatable bonds is 3. The van der Waals surface area contributed by atoms with Crippen LogP contribution in [0.15, 0.2) is 0 Å². The first-order chi connectivity index (χ1) is 6.97. The maximum absolute atomic E-state index is 11.3. The average molecular weight is 215 g/mol. The molecule has 1 aliphatic rings. The van der Waals surface area contributed by atoms with E-state index < -0.39 is 5.60 Å². The smallest absolute Gasteiger partial charge is 0.407 e. The molecule has 0 saturated carbocycles. The summed E-state index contributed by atoms with van der Waals surface area (Å²) < 4.78 is 5.12. The van der Waals surface area contributed by atoms with Crippen LogP contribution in [0.3, 0.4) is 0 Å². The molecule has 0 aromatic heterocycles. The molecule has 1 unspecified atom stereocenters. The summed E-state index contributed by atoms with van der Waals surface area (Å²) in [5.74, 6) is 0. The van der Waals surface area contributed by atoms with Crippen LogP contribution in [0.2, 0.25) is 0 Å². The van der Waals surface area contributed by atoms with E-state index in [4.69, 9.17) is 4.74 Å². The van der Waals surface area contributed by atoms with Crippen molar-refractivity contribution in [1.82, 2.24) is 16.0 Å². The normalized spacial score (nSPS) is 21.4. The predicted molar refractivity (Wildman–Crippen MR) is 58.6 cm³/mol. The number of ether oxygens (including phenoxy) is 1. The third kappa shape index (κ3) is 5.59. The molecule has 1 saturated heterocycles. The molecule has 0 spiro atoms. The Kier molecular flexibility index (Phi) is 4.35. The van der Waals surface area contributed by atoms with Crippen LogP contribution in [0.5, 0.6) is 0 Å². The topological polar surface area (TPSA) is 62.4 Å². The minimum absolute atomic E-state index is 0.339. The molecule has 15 heavy (non-hydrogen) atoms. The van der Waals surface area contributed by atoms with Crippen molar-refractivity contribution in [2.45, 2.75) is 38.8 Å². The predicted octanol–water partition coefficient (Wildman–Crippen LogP) is 0.420. The Hall–Kier alpha value is -0.810. The zero-order valence-corrected chi connectivity index (χ0v) is 9.72. The minimum atomic E-state index is -0.419. The molecule has 5 nitrogen and oxygen atoms in total. The number of carbonyl (C=O) groups excluding carboxylic acids is 1. The molecular formula is C10H21N3O2. The maximum Gasteiger partial charge on any atom is 0.407 e. The monoisotopic (exact) mass is 215 g/mol. The van der Waals surface area contributed by atoms with E-state index in [2.05, 4.69) is 16.0 Å². The third-order valence-corrected chi connectivity index (χ3v) is 2.07. The third-order valence-electron chi connectivity index (χ3n) is 2.07. The molecule has 1 fully saturated rings. The first-order valence-electron chi connectivity index (χ1n) is 5.38. The van der Waals surface area contributed by atoms with Gasteiger partial charge in [-0.3, -0.25) is 0 Å². The second-order valence-corrected chi connectivity index (χ2v) is 4.75. The number of hydrogen-bond donors (Lipinski definition) is 3. The summed E-state index contributed by atoms with van der Waals surface area (Å²) in [4.78, 5) is 11.3. The van der Waals surface area contributed by atoms with Crippen LogP contribution < -0.4 is 16.0 Å². The van der Waals surface area contributed by atoms with Gasteiger partial charge in [0.25, 0.3) is 0 Å².